The average Bonchev–Trinajstić information content (AvgIpc) is 3.42. The second-order valence-electron chi connectivity index (χ2n) is 7.08. The highest BCUT2D eigenvalue weighted by Gasteiger charge is 2.33. The van der Waals surface area contributed by atoms with Crippen molar-refractivity contribution >= 4 is 11.5 Å². The minimum Gasteiger partial charge on any atom is -0.377 e. The highest BCUT2D eigenvalue weighted by Crippen LogP contribution is 2.38. The normalized spacial score (nSPS) is 22.2. The molecule has 1 saturated carbocycles. The van der Waals surface area contributed by atoms with Crippen LogP contribution in [0.1, 0.15) is 30.5 Å². The van der Waals surface area contributed by atoms with Gasteiger partial charge in [0.15, 0.2) is 0 Å². The smallest absolute Gasteiger partial charge is 0.267 e. The van der Waals surface area contributed by atoms with E-state index < -0.39 is 0 Å². The highest BCUT2D eigenvalue weighted by molar-refractivity contribution is 5.47. The third kappa shape index (κ3) is 3.02. The molecule has 1 aliphatic heterocycles. The van der Waals surface area contributed by atoms with E-state index in [9.17, 15) is 9.59 Å². The van der Waals surface area contributed by atoms with Gasteiger partial charge in [0.1, 0.15) is 17.5 Å². The van der Waals surface area contributed by atoms with Crippen molar-refractivity contribution in [2.75, 3.05) is 18.5 Å². The van der Waals surface area contributed by atoms with E-state index >= 15 is 0 Å². The predicted molar refractivity (Wildman–Crippen MR) is 99.2 cm³/mol. The molecule has 0 radical (unpaired) electrons. The standard InChI is InChI=1S/C19H19N5O3/c25-18-7-6-13(12-4-5-12)22-24(18)15-11-27-10-14(15)20-16-9-19(26)23-8-2-1-3-17(23)21-16/h1-3,6-9,12,14-15,20H,4-5,10-11H2. The average molecular weight is 365 g/mol. The molecule has 2 aliphatic rings. The van der Waals surface area contributed by atoms with E-state index in [1.165, 1.54) is 15.1 Å². The van der Waals surface area contributed by atoms with Crippen LogP contribution in [0.15, 0.2) is 52.2 Å². The highest BCUT2D eigenvalue weighted by atomic mass is 16.5. The predicted octanol–water partition coefficient (Wildman–Crippen LogP) is 1.18. The number of hydrogen-bond acceptors (Lipinski definition) is 6. The molecule has 1 saturated heterocycles. The van der Waals surface area contributed by atoms with E-state index in [0.717, 1.165) is 18.5 Å². The summed E-state index contributed by atoms with van der Waals surface area (Å²) < 4.78 is 8.62. The third-order valence-electron chi connectivity index (χ3n) is 5.11. The second-order valence-corrected chi connectivity index (χ2v) is 7.08. The van der Waals surface area contributed by atoms with Crippen molar-refractivity contribution in [1.82, 2.24) is 19.2 Å². The fraction of sp³-hybridized carbons (Fsp3) is 0.368. The topological polar surface area (TPSA) is 90.5 Å². The first kappa shape index (κ1) is 16.2. The molecule has 2 atom stereocenters. The molecular formula is C19H19N5O3. The van der Waals surface area contributed by atoms with Gasteiger partial charge < -0.3 is 10.1 Å². The van der Waals surface area contributed by atoms with Crippen LogP contribution in [0, 0.1) is 0 Å². The lowest BCUT2D eigenvalue weighted by Crippen LogP contribution is -2.38. The van der Waals surface area contributed by atoms with Gasteiger partial charge in [-0.25, -0.2) is 9.67 Å². The summed E-state index contributed by atoms with van der Waals surface area (Å²) >= 11 is 0. The minimum atomic E-state index is -0.243. The molecule has 5 rings (SSSR count). The van der Waals surface area contributed by atoms with E-state index in [1.807, 2.05) is 12.1 Å². The summed E-state index contributed by atoms with van der Waals surface area (Å²) in [7, 11) is 0. The maximum absolute atomic E-state index is 12.4. The SMILES string of the molecule is O=c1ccc(C2CC2)nn1C1COCC1Nc1cc(=O)n2ccccc2n1. The number of pyridine rings is 1. The Hall–Kier alpha value is -3.00. The van der Waals surface area contributed by atoms with Gasteiger partial charge in [-0.15, -0.1) is 0 Å². The summed E-state index contributed by atoms with van der Waals surface area (Å²) in [6, 6.07) is 9.82. The van der Waals surface area contributed by atoms with Gasteiger partial charge in [0, 0.05) is 24.2 Å². The summed E-state index contributed by atoms with van der Waals surface area (Å²) in [4.78, 5) is 29.2. The van der Waals surface area contributed by atoms with Crippen LogP contribution in [0.3, 0.4) is 0 Å². The fourth-order valence-electron chi connectivity index (χ4n) is 3.51. The van der Waals surface area contributed by atoms with Crippen LogP contribution in [0.4, 0.5) is 5.82 Å². The molecular weight excluding hydrogens is 346 g/mol. The Labute approximate surface area is 154 Å². The van der Waals surface area contributed by atoms with Crippen molar-refractivity contribution < 1.29 is 4.74 Å². The lowest BCUT2D eigenvalue weighted by Gasteiger charge is -2.21. The van der Waals surface area contributed by atoms with Gasteiger partial charge in [-0.2, -0.15) is 5.10 Å². The molecule has 1 N–H and O–H groups in total. The monoisotopic (exact) mass is 365 g/mol. The molecule has 8 nitrogen and oxygen atoms in total. The minimum absolute atomic E-state index is 0.145. The summed E-state index contributed by atoms with van der Waals surface area (Å²) in [5, 5.41) is 7.84. The fourth-order valence-corrected chi connectivity index (χ4v) is 3.51. The quantitative estimate of drug-likeness (QED) is 0.747. The zero-order chi connectivity index (χ0) is 18.4. The molecule has 27 heavy (non-hydrogen) atoms. The van der Waals surface area contributed by atoms with Crippen molar-refractivity contribution in [2.24, 2.45) is 0 Å². The van der Waals surface area contributed by atoms with Gasteiger partial charge in [0.05, 0.1) is 24.9 Å². The molecule has 2 unspecified atom stereocenters. The number of hydrogen-bond donors (Lipinski definition) is 1. The number of nitrogens with one attached hydrogen (secondary N) is 1. The third-order valence-corrected chi connectivity index (χ3v) is 5.11. The Balaban J connectivity index is 1.46. The van der Waals surface area contributed by atoms with Crippen LogP contribution in [0.2, 0.25) is 0 Å². The molecule has 0 bridgehead atoms. The van der Waals surface area contributed by atoms with Gasteiger partial charge in [0.2, 0.25) is 0 Å². The first-order valence-corrected chi connectivity index (χ1v) is 9.11. The van der Waals surface area contributed by atoms with Gasteiger partial charge in [0.25, 0.3) is 11.1 Å². The molecule has 0 aromatic carbocycles. The number of rotatable bonds is 4. The van der Waals surface area contributed by atoms with Gasteiger partial charge in [-0.05, 0) is 31.0 Å². The lowest BCUT2D eigenvalue weighted by molar-refractivity contribution is 0.182. The van der Waals surface area contributed by atoms with Crippen molar-refractivity contribution in [3.63, 3.8) is 0 Å². The molecule has 0 amide bonds. The molecule has 1 aliphatic carbocycles. The first-order valence-electron chi connectivity index (χ1n) is 9.11. The number of anilines is 1. The Morgan fingerprint density at radius 2 is 1.96 bits per heavy atom. The van der Waals surface area contributed by atoms with Crippen LogP contribution in [0.5, 0.6) is 0 Å². The van der Waals surface area contributed by atoms with Gasteiger partial charge >= 0.3 is 0 Å². The van der Waals surface area contributed by atoms with Crippen molar-refractivity contribution in [3.05, 3.63) is 69.0 Å². The Kier molecular flexibility index (Phi) is 3.78. The van der Waals surface area contributed by atoms with E-state index in [-0.39, 0.29) is 23.2 Å². The second kappa shape index (κ2) is 6.31. The Morgan fingerprint density at radius 3 is 2.81 bits per heavy atom. The maximum atomic E-state index is 12.4. The van der Waals surface area contributed by atoms with Crippen molar-refractivity contribution in [3.8, 4) is 0 Å². The summed E-state index contributed by atoms with van der Waals surface area (Å²) in [6.07, 6.45) is 3.93. The largest absolute Gasteiger partial charge is 0.377 e. The molecule has 2 fully saturated rings. The summed E-state index contributed by atoms with van der Waals surface area (Å²) in [5.41, 5.74) is 1.22. The number of fused-ring (bicyclic) bond motifs is 1. The zero-order valence-corrected chi connectivity index (χ0v) is 14.6. The number of aromatic nitrogens is 4. The number of ether oxygens (including phenoxy) is 1. The van der Waals surface area contributed by atoms with E-state index in [1.54, 1.807) is 24.4 Å². The van der Waals surface area contributed by atoms with Crippen LogP contribution in [0.25, 0.3) is 5.65 Å². The van der Waals surface area contributed by atoms with Crippen LogP contribution < -0.4 is 16.4 Å². The van der Waals surface area contributed by atoms with E-state index in [0.29, 0.717) is 30.6 Å². The number of nitrogens with zero attached hydrogens (tertiary/aromatic N) is 4. The molecule has 0 spiro atoms. The molecule has 3 aromatic rings. The molecule has 138 valence electrons. The van der Waals surface area contributed by atoms with Crippen LogP contribution >= 0.6 is 0 Å². The summed E-state index contributed by atoms with van der Waals surface area (Å²) in [6.45, 7) is 0.813. The van der Waals surface area contributed by atoms with E-state index in [2.05, 4.69) is 15.4 Å². The zero-order valence-electron chi connectivity index (χ0n) is 14.6. The molecule has 4 heterocycles. The van der Waals surface area contributed by atoms with E-state index in [4.69, 9.17) is 4.74 Å². The van der Waals surface area contributed by atoms with Crippen LogP contribution in [-0.2, 0) is 4.74 Å². The van der Waals surface area contributed by atoms with Crippen molar-refractivity contribution in [1.29, 1.82) is 0 Å². The van der Waals surface area contributed by atoms with Crippen molar-refractivity contribution in [2.45, 2.75) is 30.8 Å². The van der Waals surface area contributed by atoms with Crippen LogP contribution in [-0.4, -0.2) is 38.4 Å². The summed E-state index contributed by atoms with van der Waals surface area (Å²) in [5.74, 6) is 0.936. The maximum Gasteiger partial charge on any atom is 0.267 e. The Morgan fingerprint density at radius 1 is 1.07 bits per heavy atom. The Bertz CT molecular complexity index is 1120. The first-order chi connectivity index (χ1) is 13.2. The lowest BCUT2D eigenvalue weighted by atomic mass is 10.1. The van der Waals surface area contributed by atoms with Gasteiger partial charge in [-0.3, -0.25) is 14.0 Å². The molecule has 3 aromatic heterocycles. The van der Waals surface area contributed by atoms with Gasteiger partial charge in [-0.1, -0.05) is 6.07 Å². The molecule has 8 heteroatoms.